The molecule has 0 aliphatic heterocycles. The molecule has 0 fully saturated rings. The van der Waals surface area contributed by atoms with E-state index in [0.717, 1.165) is 41.6 Å². The molecule has 0 bridgehead atoms. The zero-order valence-electron chi connectivity index (χ0n) is 12.3. The molecule has 116 valence electrons. The van der Waals surface area contributed by atoms with Crippen LogP contribution in [0.4, 0.5) is 5.69 Å². The summed E-state index contributed by atoms with van der Waals surface area (Å²) >= 11 is 0. The van der Waals surface area contributed by atoms with E-state index in [0.29, 0.717) is 0 Å². The van der Waals surface area contributed by atoms with Crippen molar-refractivity contribution in [3.8, 4) is 0 Å². The predicted molar refractivity (Wildman–Crippen MR) is 88.7 cm³/mol. The molecule has 1 aliphatic rings. The zero-order valence-corrected chi connectivity index (χ0v) is 13.1. The number of rotatable bonds is 4. The Labute approximate surface area is 131 Å². The van der Waals surface area contributed by atoms with Crippen molar-refractivity contribution in [3.05, 3.63) is 65.2 Å². The van der Waals surface area contributed by atoms with E-state index in [2.05, 4.69) is 4.72 Å². The van der Waals surface area contributed by atoms with Gasteiger partial charge < -0.3 is 5.73 Å². The number of aryl methyl sites for hydroxylation is 1. The van der Waals surface area contributed by atoms with Gasteiger partial charge in [-0.25, -0.2) is 13.1 Å². The Kier molecular flexibility index (Phi) is 4.18. The molecule has 1 unspecified atom stereocenters. The van der Waals surface area contributed by atoms with E-state index in [-0.39, 0.29) is 11.8 Å². The minimum absolute atomic E-state index is 0.00858. The second-order valence-electron chi connectivity index (χ2n) is 5.77. The molecule has 0 aromatic heterocycles. The first-order chi connectivity index (χ1) is 10.5. The van der Waals surface area contributed by atoms with Gasteiger partial charge in [-0.15, -0.1) is 0 Å². The molecule has 1 atom stereocenters. The summed E-state index contributed by atoms with van der Waals surface area (Å²) < 4.78 is 27.7. The predicted octanol–water partition coefficient (Wildman–Crippen LogP) is 2.77. The zero-order chi connectivity index (χ0) is 15.6. The van der Waals surface area contributed by atoms with Crippen molar-refractivity contribution in [2.75, 3.05) is 5.73 Å². The largest absolute Gasteiger partial charge is 0.399 e. The summed E-state index contributed by atoms with van der Waals surface area (Å²) in [6.45, 7) is 0. The Morgan fingerprint density at radius 1 is 1.14 bits per heavy atom. The first-order valence-electron chi connectivity index (χ1n) is 7.46. The van der Waals surface area contributed by atoms with Gasteiger partial charge in [-0.1, -0.05) is 36.4 Å². The SMILES string of the molecule is Nc1ccc2c(c1)CCCC2NS(=O)(=O)Cc1ccccc1. The fraction of sp³-hybridized carbons (Fsp3) is 0.294. The summed E-state index contributed by atoms with van der Waals surface area (Å²) in [5.74, 6) is 0.00858. The summed E-state index contributed by atoms with van der Waals surface area (Å²) in [5.41, 5.74) is 9.55. The minimum atomic E-state index is -3.37. The van der Waals surface area contributed by atoms with Gasteiger partial charge in [-0.3, -0.25) is 0 Å². The lowest BCUT2D eigenvalue weighted by Crippen LogP contribution is -2.32. The highest BCUT2D eigenvalue weighted by molar-refractivity contribution is 7.88. The first-order valence-corrected chi connectivity index (χ1v) is 9.11. The van der Waals surface area contributed by atoms with Crippen LogP contribution in [0.5, 0.6) is 0 Å². The second-order valence-corrected chi connectivity index (χ2v) is 7.52. The molecule has 1 aliphatic carbocycles. The molecular weight excluding hydrogens is 296 g/mol. The Hall–Kier alpha value is -1.85. The molecule has 3 N–H and O–H groups in total. The molecule has 0 heterocycles. The lowest BCUT2D eigenvalue weighted by atomic mass is 9.88. The van der Waals surface area contributed by atoms with Gasteiger partial charge in [-0.2, -0.15) is 0 Å². The molecule has 0 amide bonds. The van der Waals surface area contributed by atoms with E-state index in [1.54, 1.807) is 0 Å². The normalized spacial score (nSPS) is 17.9. The van der Waals surface area contributed by atoms with Crippen LogP contribution < -0.4 is 10.5 Å². The lowest BCUT2D eigenvalue weighted by Gasteiger charge is -2.26. The van der Waals surface area contributed by atoms with Crippen molar-refractivity contribution in [2.45, 2.75) is 31.1 Å². The summed E-state index contributed by atoms with van der Waals surface area (Å²) in [5, 5.41) is 0. The van der Waals surface area contributed by atoms with Crippen LogP contribution in [-0.4, -0.2) is 8.42 Å². The molecule has 0 saturated heterocycles. The highest BCUT2D eigenvalue weighted by atomic mass is 32.2. The third-order valence-electron chi connectivity index (χ3n) is 4.00. The van der Waals surface area contributed by atoms with Crippen molar-refractivity contribution in [2.24, 2.45) is 0 Å². The third kappa shape index (κ3) is 3.48. The van der Waals surface area contributed by atoms with Gasteiger partial charge in [0.05, 0.1) is 5.75 Å². The van der Waals surface area contributed by atoms with Gasteiger partial charge in [0.2, 0.25) is 10.0 Å². The molecule has 0 spiro atoms. The van der Waals surface area contributed by atoms with E-state index < -0.39 is 10.0 Å². The first kappa shape index (κ1) is 15.1. The summed E-state index contributed by atoms with van der Waals surface area (Å²) in [6, 6.07) is 14.8. The number of nitrogens with two attached hydrogens (primary N) is 1. The fourth-order valence-corrected chi connectivity index (χ4v) is 4.40. The molecule has 5 heteroatoms. The summed E-state index contributed by atoms with van der Waals surface area (Å²) in [4.78, 5) is 0. The smallest absolute Gasteiger partial charge is 0.216 e. The van der Waals surface area contributed by atoms with Crippen LogP contribution in [-0.2, 0) is 22.2 Å². The second kappa shape index (κ2) is 6.10. The number of hydrogen-bond acceptors (Lipinski definition) is 3. The van der Waals surface area contributed by atoms with E-state index in [1.165, 1.54) is 0 Å². The van der Waals surface area contributed by atoms with Crippen LogP contribution in [0, 0.1) is 0 Å². The Morgan fingerprint density at radius 3 is 2.68 bits per heavy atom. The van der Waals surface area contributed by atoms with Crippen LogP contribution in [0.25, 0.3) is 0 Å². The number of benzene rings is 2. The number of fused-ring (bicyclic) bond motifs is 1. The standard InChI is InChI=1S/C17H20N2O2S/c18-15-9-10-16-14(11-15)7-4-8-17(16)19-22(20,21)12-13-5-2-1-3-6-13/h1-3,5-6,9-11,17,19H,4,7-8,12,18H2. The maximum atomic E-state index is 12.4. The summed E-state index contributed by atoms with van der Waals surface area (Å²) in [7, 11) is -3.37. The number of nitrogen functional groups attached to an aromatic ring is 1. The Balaban J connectivity index is 1.79. The van der Waals surface area contributed by atoms with E-state index in [1.807, 2.05) is 48.5 Å². The highest BCUT2D eigenvalue weighted by Gasteiger charge is 2.24. The minimum Gasteiger partial charge on any atom is -0.399 e. The summed E-state index contributed by atoms with van der Waals surface area (Å²) in [6.07, 6.45) is 2.75. The van der Waals surface area contributed by atoms with Crippen molar-refractivity contribution in [1.82, 2.24) is 4.72 Å². The highest BCUT2D eigenvalue weighted by Crippen LogP contribution is 2.31. The maximum Gasteiger partial charge on any atom is 0.216 e. The van der Waals surface area contributed by atoms with Gasteiger partial charge >= 0.3 is 0 Å². The average Bonchev–Trinajstić information content (AvgIpc) is 2.47. The van der Waals surface area contributed by atoms with Crippen molar-refractivity contribution in [1.29, 1.82) is 0 Å². The van der Waals surface area contributed by atoms with E-state index in [4.69, 9.17) is 5.73 Å². The maximum absolute atomic E-state index is 12.4. The molecule has 3 rings (SSSR count). The molecule has 4 nitrogen and oxygen atoms in total. The van der Waals surface area contributed by atoms with Gasteiger partial charge in [0.15, 0.2) is 0 Å². The average molecular weight is 316 g/mol. The van der Waals surface area contributed by atoms with Crippen molar-refractivity contribution >= 4 is 15.7 Å². The topological polar surface area (TPSA) is 72.2 Å². The fourth-order valence-electron chi connectivity index (χ4n) is 3.01. The lowest BCUT2D eigenvalue weighted by molar-refractivity contribution is 0.507. The number of nitrogens with one attached hydrogen (secondary N) is 1. The monoisotopic (exact) mass is 316 g/mol. The van der Waals surface area contributed by atoms with Crippen LogP contribution in [0.3, 0.4) is 0 Å². The molecule has 22 heavy (non-hydrogen) atoms. The molecule has 0 saturated carbocycles. The van der Waals surface area contributed by atoms with Crippen molar-refractivity contribution < 1.29 is 8.42 Å². The molecule has 2 aromatic carbocycles. The third-order valence-corrected chi connectivity index (χ3v) is 5.36. The van der Waals surface area contributed by atoms with Crippen molar-refractivity contribution in [3.63, 3.8) is 0 Å². The van der Waals surface area contributed by atoms with Gasteiger partial charge in [-0.05, 0) is 48.1 Å². The molecule has 0 radical (unpaired) electrons. The van der Waals surface area contributed by atoms with Gasteiger partial charge in [0.25, 0.3) is 0 Å². The van der Waals surface area contributed by atoms with E-state index in [9.17, 15) is 8.42 Å². The molecular formula is C17H20N2O2S. The van der Waals surface area contributed by atoms with E-state index >= 15 is 0 Å². The number of sulfonamides is 1. The Bertz CT molecular complexity index is 757. The van der Waals surface area contributed by atoms with Crippen LogP contribution >= 0.6 is 0 Å². The van der Waals surface area contributed by atoms with Gasteiger partial charge in [0, 0.05) is 11.7 Å². The Morgan fingerprint density at radius 2 is 1.91 bits per heavy atom. The van der Waals surface area contributed by atoms with Crippen LogP contribution in [0.1, 0.15) is 35.6 Å². The van der Waals surface area contributed by atoms with Crippen LogP contribution in [0.2, 0.25) is 0 Å². The van der Waals surface area contributed by atoms with Gasteiger partial charge in [0.1, 0.15) is 0 Å². The quantitative estimate of drug-likeness (QED) is 0.852. The number of hydrogen-bond donors (Lipinski definition) is 2. The number of anilines is 1. The molecule has 2 aromatic rings. The van der Waals surface area contributed by atoms with Crippen LogP contribution in [0.15, 0.2) is 48.5 Å².